The molecular weight excluding hydrogens is 390 g/mol. The predicted molar refractivity (Wildman–Crippen MR) is 121 cm³/mol. The van der Waals surface area contributed by atoms with Gasteiger partial charge in [-0.3, -0.25) is 4.79 Å². The van der Waals surface area contributed by atoms with Crippen LogP contribution in [0.4, 0.5) is 0 Å². The maximum atomic E-state index is 11.6. The monoisotopic (exact) mass is 413 g/mol. The molecule has 0 amide bonds. The third kappa shape index (κ3) is 3.22. The van der Waals surface area contributed by atoms with Gasteiger partial charge in [0, 0.05) is 23.3 Å². The molecule has 0 saturated heterocycles. The fourth-order valence-corrected chi connectivity index (χ4v) is 4.26. The van der Waals surface area contributed by atoms with Crippen LogP contribution < -0.4 is 14.2 Å². The zero-order chi connectivity index (χ0) is 21.4. The molecule has 3 aromatic carbocycles. The minimum atomic E-state index is 0.565. The zero-order valence-electron chi connectivity index (χ0n) is 17.6. The summed E-state index contributed by atoms with van der Waals surface area (Å²) >= 11 is 0. The van der Waals surface area contributed by atoms with Gasteiger partial charge in [0.1, 0.15) is 19.0 Å². The van der Waals surface area contributed by atoms with E-state index in [4.69, 9.17) is 14.2 Å². The van der Waals surface area contributed by atoms with E-state index in [2.05, 4.69) is 47.2 Å². The van der Waals surface area contributed by atoms with Crippen LogP contribution in [0.1, 0.15) is 22.8 Å². The zero-order valence-corrected chi connectivity index (χ0v) is 17.6. The number of hydrogen-bond donors (Lipinski definition) is 0. The van der Waals surface area contributed by atoms with Crippen molar-refractivity contribution in [1.29, 1.82) is 0 Å². The highest BCUT2D eigenvalue weighted by Crippen LogP contribution is 2.38. The fraction of sp³-hybridized carbons (Fsp3) is 0.192. The molecule has 0 bridgehead atoms. The number of nitrogens with zero attached hydrogens (tertiary/aromatic N) is 1. The first-order chi connectivity index (χ1) is 15.2. The number of benzene rings is 3. The largest absolute Gasteiger partial charge is 0.496 e. The average Bonchev–Trinajstić information content (AvgIpc) is 3.27. The second kappa shape index (κ2) is 7.84. The lowest BCUT2D eigenvalue weighted by molar-refractivity contribution is 0.111. The minimum absolute atomic E-state index is 0.565. The lowest BCUT2D eigenvalue weighted by atomic mass is 10.0. The van der Waals surface area contributed by atoms with Crippen molar-refractivity contribution in [2.24, 2.45) is 0 Å². The first-order valence-electron chi connectivity index (χ1n) is 10.4. The van der Waals surface area contributed by atoms with Crippen molar-refractivity contribution in [2.45, 2.75) is 13.3 Å². The van der Waals surface area contributed by atoms with Crippen LogP contribution in [-0.2, 0) is 6.42 Å². The second-order valence-electron chi connectivity index (χ2n) is 7.47. The maximum Gasteiger partial charge on any atom is 0.161 e. The summed E-state index contributed by atoms with van der Waals surface area (Å²) in [6.07, 6.45) is 3.68. The van der Waals surface area contributed by atoms with Crippen LogP contribution in [0, 0.1) is 0 Å². The molecule has 5 heteroatoms. The van der Waals surface area contributed by atoms with E-state index in [-0.39, 0.29) is 0 Å². The summed E-state index contributed by atoms with van der Waals surface area (Å²) in [5.74, 6) is 2.16. The number of rotatable bonds is 5. The molecular formula is C26H23NO4. The van der Waals surface area contributed by atoms with E-state index in [1.807, 2.05) is 25.1 Å². The number of ether oxygens (including phenoxy) is 3. The molecule has 0 fully saturated rings. The first-order valence-corrected chi connectivity index (χ1v) is 10.4. The Hall–Kier alpha value is -3.73. The summed E-state index contributed by atoms with van der Waals surface area (Å²) in [5, 5.41) is 1.13. The van der Waals surface area contributed by atoms with Crippen molar-refractivity contribution in [2.75, 3.05) is 20.3 Å². The smallest absolute Gasteiger partial charge is 0.161 e. The summed E-state index contributed by atoms with van der Waals surface area (Å²) in [5.41, 5.74) is 5.83. The molecule has 0 aliphatic carbocycles. The van der Waals surface area contributed by atoms with E-state index in [1.165, 1.54) is 0 Å². The minimum Gasteiger partial charge on any atom is -0.496 e. The van der Waals surface area contributed by atoms with Crippen molar-refractivity contribution in [3.05, 3.63) is 71.9 Å². The number of aryl methyl sites for hydroxylation is 1. The van der Waals surface area contributed by atoms with Crippen LogP contribution in [-0.4, -0.2) is 31.2 Å². The maximum absolute atomic E-state index is 11.6. The highest BCUT2D eigenvalue weighted by molar-refractivity contribution is 5.97. The van der Waals surface area contributed by atoms with E-state index >= 15 is 0 Å². The third-order valence-corrected chi connectivity index (χ3v) is 5.80. The van der Waals surface area contributed by atoms with Crippen LogP contribution >= 0.6 is 0 Å². The van der Waals surface area contributed by atoms with Gasteiger partial charge in [-0.25, -0.2) is 0 Å². The van der Waals surface area contributed by atoms with Gasteiger partial charge in [0.05, 0.1) is 18.2 Å². The highest BCUT2D eigenvalue weighted by Gasteiger charge is 2.16. The number of methoxy groups -OCH3 is 1. The van der Waals surface area contributed by atoms with Gasteiger partial charge in [0.15, 0.2) is 17.8 Å². The summed E-state index contributed by atoms with van der Waals surface area (Å²) in [6, 6.07) is 18.4. The lowest BCUT2D eigenvalue weighted by Crippen LogP contribution is -2.15. The highest BCUT2D eigenvalue weighted by atomic mass is 16.6. The van der Waals surface area contributed by atoms with Crippen molar-refractivity contribution >= 4 is 17.2 Å². The van der Waals surface area contributed by atoms with Gasteiger partial charge in [-0.2, -0.15) is 0 Å². The van der Waals surface area contributed by atoms with E-state index in [0.717, 1.165) is 57.5 Å². The normalized spacial score (nSPS) is 12.7. The number of aldehydes is 1. The molecule has 0 radical (unpaired) electrons. The molecule has 1 aromatic heterocycles. The van der Waals surface area contributed by atoms with E-state index in [9.17, 15) is 4.79 Å². The topological polar surface area (TPSA) is 49.7 Å². The van der Waals surface area contributed by atoms with Gasteiger partial charge in [0.2, 0.25) is 0 Å². The molecule has 1 aliphatic heterocycles. The quantitative estimate of drug-likeness (QED) is 0.408. The molecule has 0 atom stereocenters. The van der Waals surface area contributed by atoms with Crippen molar-refractivity contribution in [3.63, 3.8) is 0 Å². The van der Waals surface area contributed by atoms with Gasteiger partial charge in [-0.05, 0) is 53.4 Å². The number of fused-ring (bicyclic) bond motifs is 2. The number of carbonyl (C=O) groups is 1. The molecule has 2 heterocycles. The second-order valence-corrected chi connectivity index (χ2v) is 7.47. The van der Waals surface area contributed by atoms with Gasteiger partial charge < -0.3 is 18.8 Å². The van der Waals surface area contributed by atoms with Crippen molar-refractivity contribution in [1.82, 2.24) is 4.57 Å². The Morgan fingerprint density at radius 2 is 1.87 bits per heavy atom. The lowest BCUT2D eigenvalue weighted by Gasteiger charge is -2.19. The van der Waals surface area contributed by atoms with E-state index < -0.39 is 0 Å². The van der Waals surface area contributed by atoms with Crippen LogP contribution in [0.3, 0.4) is 0 Å². The molecule has 156 valence electrons. The van der Waals surface area contributed by atoms with E-state index in [1.54, 1.807) is 7.11 Å². The number of carbonyl (C=O) groups excluding carboxylic acids is 1. The molecule has 4 aromatic rings. The number of aromatic nitrogens is 1. The van der Waals surface area contributed by atoms with Crippen LogP contribution in [0.15, 0.2) is 60.8 Å². The Labute approximate surface area is 180 Å². The standard InChI is InChI=1S/C26H23NO4/c1-3-17-13-19(15-25(29-2)22(17)16-28)27-10-9-21-20(5-4-6-23(21)27)18-7-8-24-26(14-18)31-12-11-30-24/h4-10,13-16H,3,11-12H2,1-2H3. The first kappa shape index (κ1) is 19.2. The summed E-state index contributed by atoms with van der Waals surface area (Å²) < 4.78 is 19.1. The number of hydrogen-bond acceptors (Lipinski definition) is 4. The Bertz CT molecular complexity index is 1260. The van der Waals surface area contributed by atoms with Crippen LogP contribution in [0.25, 0.3) is 27.7 Å². The molecule has 0 spiro atoms. The molecule has 0 saturated carbocycles. The summed E-state index contributed by atoms with van der Waals surface area (Å²) in [6.45, 7) is 3.19. The van der Waals surface area contributed by atoms with E-state index in [0.29, 0.717) is 24.5 Å². The fourth-order valence-electron chi connectivity index (χ4n) is 4.26. The SMILES string of the molecule is CCc1cc(-n2ccc3c(-c4ccc5c(c4)OCCO5)cccc32)cc(OC)c1C=O. The van der Waals surface area contributed by atoms with Crippen molar-refractivity contribution < 1.29 is 19.0 Å². The van der Waals surface area contributed by atoms with Gasteiger partial charge in [-0.1, -0.05) is 25.1 Å². The molecule has 5 nitrogen and oxygen atoms in total. The molecule has 0 unspecified atom stereocenters. The Kier molecular flexibility index (Phi) is 4.86. The van der Waals surface area contributed by atoms with Crippen LogP contribution in [0.2, 0.25) is 0 Å². The van der Waals surface area contributed by atoms with Crippen LogP contribution in [0.5, 0.6) is 17.2 Å². The Morgan fingerprint density at radius 3 is 2.65 bits per heavy atom. The van der Waals surface area contributed by atoms with Crippen molar-refractivity contribution in [3.8, 4) is 34.1 Å². The summed E-state index contributed by atoms with van der Waals surface area (Å²) in [4.78, 5) is 11.6. The van der Waals surface area contributed by atoms with Gasteiger partial charge in [0.25, 0.3) is 0 Å². The molecule has 1 aliphatic rings. The summed E-state index contributed by atoms with van der Waals surface area (Å²) in [7, 11) is 1.60. The molecule has 5 rings (SSSR count). The molecule has 31 heavy (non-hydrogen) atoms. The Morgan fingerprint density at radius 1 is 1.03 bits per heavy atom. The molecule has 0 N–H and O–H groups in total. The third-order valence-electron chi connectivity index (χ3n) is 5.80. The van der Waals surface area contributed by atoms with Gasteiger partial charge >= 0.3 is 0 Å². The predicted octanol–water partition coefficient (Wildman–Crippen LogP) is 5.45. The Balaban J connectivity index is 1.65. The average molecular weight is 413 g/mol. The van der Waals surface area contributed by atoms with Gasteiger partial charge in [-0.15, -0.1) is 0 Å².